The summed E-state index contributed by atoms with van der Waals surface area (Å²) < 4.78 is 56.3. The van der Waals surface area contributed by atoms with Gasteiger partial charge in [0.1, 0.15) is 5.82 Å². The Kier molecular flexibility index (Phi) is 7.17. The van der Waals surface area contributed by atoms with Gasteiger partial charge in [-0.3, -0.25) is 15.6 Å². The van der Waals surface area contributed by atoms with Crippen molar-refractivity contribution >= 4 is 5.91 Å². The minimum Gasteiger partial charge on any atom is -0.392 e. The van der Waals surface area contributed by atoms with Gasteiger partial charge in [-0.2, -0.15) is 13.2 Å². The van der Waals surface area contributed by atoms with E-state index in [1.165, 1.54) is 18.5 Å². The Balaban J connectivity index is 1.52. The highest BCUT2D eigenvalue weighted by Gasteiger charge is 2.48. The van der Waals surface area contributed by atoms with E-state index in [0.29, 0.717) is 12.5 Å². The number of hydrogen-bond acceptors (Lipinski definition) is 6. The van der Waals surface area contributed by atoms with Crippen LogP contribution in [0.3, 0.4) is 0 Å². The van der Waals surface area contributed by atoms with E-state index in [0.717, 1.165) is 18.1 Å². The van der Waals surface area contributed by atoms with Crippen molar-refractivity contribution in [1.82, 2.24) is 26.1 Å². The third kappa shape index (κ3) is 5.01. The Morgan fingerprint density at radius 3 is 2.45 bits per heavy atom. The highest BCUT2D eigenvalue weighted by Crippen LogP contribution is 2.41. The van der Waals surface area contributed by atoms with Crippen LogP contribution in [0.2, 0.25) is 0 Å². The zero-order chi connectivity index (χ0) is 27.0. The molecule has 1 amide bonds. The van der Waals surface area contributed by atoms with E-state index in [4.69, 9.17) is 0 Å². The number of halogens is 4. The number of benzene rings is 2. The van der Waals surface area contributed by atoms with Crippen LogP contribution in [-0.4, -0.2) is 45.2 Å². The summed E-state index contributed by atoms with van der Waals surface area (Å²) in [6.45, 7) is 1.68. The molecule has 1 aliphatic heterocycles. The number of carbonyl (C=O) groups excluding carboxylic acids is 1. The van der Waals surface area contributed by atoms with Gasteiger partial charge in [0, 0.05) is 29.9 Å². The molecule has 200 valence electrons. The first-order valence-electron chi connectivity index (χ1n) is 12.4. The molecular weight excluding hydrogens is 502 g/mol. The Labute approximate surface area is 216 Å². The maximum Gasteiger partial charge on any atom is 0.417 e. The lowest BCUT2D eigenvalue weighted by atomic mass is 9.70. The highest BCUT2D eigenvalue weighted by molar-refractivity contribution is 5.96. The van der Waals surface area contributed by atoms with Gasteiger partial charge in [-0.1, -0.05) is 30.3 Å². The molecule has 38 heavy (non-hydrogen) atoms. The van der Waals surface area contributed by atoms with Crippen molar-refractivity contribution < 1.29 is 27.5 Å². The van der Waals surface area contributed by atoms with Crippen LogP contribution in [0.1, 0.15) is 47.2 Å². The van der Waals surface area contributed by atoms with Gasteiger partial charge in [-0.15, -0.1) is 0 Å². The van der Waals surface area contributed by atoms with Gasteiger partial charge in [-0.05, 0) is 49.4 Å². The predicted molar refractivity (Wildman–Crippen MR) is 131 cm³/mol. The molecule has 11 heteroatoms. The molecule has 2 fully saturated rings. The summed E-state index contributed by atoms with van der Waals surface area (Å²) >= 11 is 0. The first kappa shape index (κ1) is 26.2. The number of hydrazine groups is 1. The van der Waals surface area contributed by atoms with E-state index in [-0.39, 0.29) is 29.7 Å². The van der Waals surface area contributed by atoms with Crippen molar-refractivity contribution in [2.75, 3.05) is 0 Å². The molecule has 1 aromatic heterocycles. The minimum absolute atomic E-state index is 0.0222. The Morgan fingerprint density at radius 1 is 1.08 bits per heavy atom. The largest absolute Gasteiger partial charge is 0.417 e. The molecule has 2 aromatic carbocycles. The molecule has 6 atom stereocenters. The molecule has 1 aliphatic carbocycles. The number of alkyl halides is 3. The molecule has 0 radical (unpaired) electrons. The van der Waals surface area contributed by atoms with Crippen LogP contribution < -0.4 is 16.2 Å². The second kappa shape index (κ2) is 10.4. The number of nitrogens with zero attached hydrogens (tertiary/aromatic N) is 2. The van der Waals surface area contributed by atoms with Crippen LogP contribution in [0.5, 0.6) is 0 Å². The summed E-state index contributed by atoms with van der Waals surface area (Å²) in [6, 6.07) is 11.1. The summed E-state index contributed by atoms with van der Waals surface area (Å²) in [5.41, 5.74) is 4.99. The molecule has 1 saturated carbocycles. The van der Waals surface area contributed by atoms with Crippen LogP contribution >= 0.6 is 0 Å². The van der Waals surface area contributed by atoms with Crippen LogP contribution in [0, 0.1) is 11.7 Å². The van der Waals surface area contributed by atoms with Crippen molar-refractivity contribution in [2.45, 2.75) is 56.1 Å². The lowest BCUT2D eigenvalue weighted by Crippen LogP contribution is -2.56. The quantitative estimate of drug-likeness (QED) is 0.375. The standard InChI is InChI=1S/C27H27F4N5O2/c1-14(37)22-17-9-8-16(15-6-3-2-4-7-15)23(24(17)36-35-22)34-26(38)19-12-18(25-32-10-5-11-33-25)20(13-21(19)28)27(29,30)31/h2-7,10-14,16-17,22-24,35-37H,8-9H2,1H3,(H,34,38)/t14-,16?,17?,22?,23?,24?/m1/s1. The lowest BCUT2D eigenvalue weighted by molar-refractivity contribution is -0.137. The third-order valence-electron chi connectivity index (χ3n) is 7.48. The van der Waals surface area contributed by atoms with Crippen molar-refractivity contribution in [3.05, 3.63) is 83.4 Å². The van der Waals surface area contributed by atoms with Gasteiger partial charge in [0.25, 0.3) is 5.91 Å². The molecule has 0 spiro atoms. The molecule has 2 heterocycles. The van der Waals surface area contributed by atoms with Gasteiger partial charge in [0.2, 0.25) is 0 Å². The van der Waals surface area contributed by atoms with Crippen LogP contribution in [0.4, 0.5) is 17.6 Å². The molecule has 2 aliphatic rings. The predicted octanol–water partition coefficient (Wildman–Crippen LogP) is 3.82. The fraction of sp³-hybridized carbons (Fsp3) is 0.370. The molecular formula is C27H27F4N5O2. The zero-order valence-corrected chi connectivity index (χ0v) is 20.4. The smallest absolute Gasteiger partial charge is 0.392 e. The maximum absolute atomic E-state index is 15.1. The van der Waals surface area contributed by atoms with Crippen LogP contribution in [-0.2, 0) is 6.18 Å². The summed E-state index contributed by atoms with van der Waals surface area (Å²) in [5.74, 6) is -2.57. The number of fused-ring (bicyclic) bond motifs is 1. The Bertz CT molecular complexity index is 1290. The molecule has 4 N–H and O–H groups in total. The summed E-state index contributed by atoms with van der Waals surface area (Å²) in [4.78, 5) is 21.3. The number of rotatable bonds is 5. The average Bonchev–Trinajstić information content (AvgIpc) is 3.34. The molecule has 7 nitrogen and oxygen atoms in total. The van der Waals surface area contributed by atoms with E-state index in [1.54, 1.807) is 6.92 Å². The average molecular weight is 530 g/mol. The number of aliphatic hydroxyl groups is 1. The number of aliphatic hydroxyl groups excluding tert-OH is 1. The molecule has 0 bridgehead atoms. The van der Waals surface area contributed by atoms with Crippen molar-refractivity contribution in [2.24, 2.45) is 5.92 Å². The number of aromatic nitrogens is 2. The van der Waals surface area contributed by atoms with E-state index < -0.39 is 46.7 Å². The zero-order valence-electron chi connectivity index (χ0n) is 20.4. The first-order valence-corrected chi connectivity index (χ1v) is 12.4. The summed E-state index contributed by atoms with van der Waals surface area (Å²) in [6.07, 6.45) is -1.51. The molecule has 3 aromatic rings. The van der Waals surface area contributed by atoms with Gasteiger partial charge < -0.3 is 10.4 Å². The minimum atomic E-state index is -4.88. The van der Waals surface area contributed by atoms with Gasteiger partial charge in [0.15, 0.2) is 5.82 Å². The number of amides is 1. The van der Waals surface area contributed by atoms with Crippen LogP contribution in [0.15, 0.2) is 60.9 Å². The van der Waals surface area contributed by atoms with Crippen LogP contribution in [0.25, 0.3) is 11.4 Å². The maximum atomic E-state index is 15.1. The summed E-state index contributed by atoms with van der Waals surface area (Å²) in [7, 11) is 0. The van der Waals surface area contributed by atoms with Gasteiger partial charge in [-0.25, -0.2) is 14.4 Å². The Morgan fingerprint density at radius 2 is 1.79 bits per heavy atom. The molecule has 1 saturated heterocycles. The molecule has 5 unspecified atom stereocenters. The van der Waals surface area contributed by atoms with E-state index in [1.807, 2.05) is 30.3 Å². The number of nitrogens with one attached hydrogen (secondary N) is 3. The fourth-order valence-corrected chi connectivity index (χ4v) is 5.72. The topological polar surface area (TPSA) is 99.2 Å². The SMILES string of the molecule is C[C@@H](O)C1NNC2C1CCC(c1ccccc1)C2NC(=O)c1cc(-c2ncccn2)c(C(F)(F)F)cc1F. The normalized spacial score (nSPS) is 26.0. The van der Waals surface area contributed by atoms with Crippen molar-refractivity contribution in [3.63, 3.8) is 0 Å². The third-order valence-corrected chi connectivity index (χ3v) is 7.48. The highest BCUT2D eigenvalue weighted by atomic mass is 19.4. The monoisotopic (exact) mass is 529 g/mol. The van der Waals surface area contributed by atoms with Gasteiger partial charge >= 0.3 is 6.18 Å². The fourth-order valence-electron chi connectivity index (χ4n) is 5.72. The second-order valence-corrected chi connectivity index (χ2v) is 9.79. The second-order valence-electron chi connectivity index (χ2n) is 9.79. The van der Waals surface area contributed by atoms with E-state index >= 15 is 4.39 Å². The number of hydrogen-bond donors (Lipinski definition) is 4. The number of carbonyl (C=O) groups is 1. The summed E-state index contributed by atoms with van der Waals surface area (Å²) in [5, 5.41) is 13.2. The Hall–Kier alpha value is -3.41. The van der Waals surface area contributed by atoms with Gasteiger partial charge in [0.05, 0.1) is 29.3 Å². The van der Waals surface area contributed by atoms with E-state index in [9.17, 15) is 23.1 Å². The lowest BCUT2D eigenvalue weighted by Gasteiger charge is -2.41. The van der Waals surface area contributed by atoms with E-state index in [2.05, 4.69) is 26.1 Å². The van der Waals surface area contributed by atoms with Crippen molar-refractivity contribution in [1.29, 1.82) is 0 Å². The van der Waals surface area contributed by atoms with Crippen molar-refractivity contribution in [3.8, 4) is 11.4 Å². The molecule has 5 rings (SSSR count). The first-order chi connectivity index (χ1) is 18.1.